The first-order valence-corrected chi connectivity index (χ1v) is 5.86. The van der Waals surface area contributed by atoms with Crippen molar-refractivity contribution in [2.45, 2.75) is 32.4 Å². The van der Waals surface area contributed by atoms with Gasteiger partial charge in [0.15, 0.2) is 6.61 Å². The molecule has 2 N–H and O–H groups in total. The zero-order chi connectivity index (χ0) is 12.8. The van der Waals surface area contributed by atoms with Crippen LogP contribution in [0.15, 0.2) is 29.2 Å². The Morgan fingerprint density at radius 2 is 2.28 bits per heavy atom. The summed E-state index contributed by atoms with van der Waals surface area (Å²) >= 11 is 0. The molecule has 1 atom stereocenters. The van der Waals surface area contributed by atoms with Gasteiger partial charge in [-0.3, -0.25) is 4.98 Å². The summed E-state index contributed by atoms with van der Waals surface area (Å²) < 4.78 is 10.1. The molecule has 0 radical (unpaired) electrons. The summed E-state index contributed by atoms with van der Waals surface area (Å²) in [4.78, 5) is 8.16. The van der Waals surface area contributed by atoms with Crippen molar-refractivity contribution in [2.75, 3.05) is 0 Å². The molecule has 0 aliphatic carbocycles. The number of aromatic nitrogens is 3. The lowest BCUT2D eigenvalue weighted by molar-refractivity contribution is 0.285. The molecule has 0 aliphatic heterocycles. The fraction of sp³-hybridized carbons (Fsp3) is 0.417. The lowest BCUT2D eigenvalue weighted by atomic mass is 10.1. The number of rotatable bonds is 6. The average molecular weight is 248 g/mol. The molecule has 2 aromatic heterocycles. The van der Waals surface area contributed by atoms with Gasteiger partial charge in [-0.1, -0.05) is 12.1 Å². The average Bonchev–Trinajstić information content (AvgIpc) is 2.91. The van der Waals surface area contributed by atoms with Crippen LogP contribution in [0.25, 0.3) is 0 Å². The molecule has 0 amide bonds. The van der Waals surface area contributed by atoms with Gasteiger partial charge in [0.1, 0.15) is 5.75 Å². The Kier molecular flexibility index (Phi) is 4.25. The third kappa shape index (κ3) is 3.53. The second kappa shape index (κ2) is 6.11. The van der Waals surface area contributed by atoms with Gasteiger partial charge in [0.05, 0.1) is 6.20 Å². The Morgan fingerprint density at radius 3 is 2.89 bits per heavy atom. The van der Waals surface area contributed by atoms with Gasteiger partial charge < -0.3 is 15.0 Å². The van der Waals surface area contributed by atoms with Gasteiger partial charge in [0.25, 0.3) is 0 Å². The van der Waals surface area contributed by atoms with Gasteiger partial charge in [0.2, 0.25) is 12.2 Å². The van der Waals surface area contributed by atoms with Gasteiger partial charge >= 0.3 is 0 Å². The van der Waals surface area contributed by atoms with Crippen molar-refractivity contribution in [1.29, 1.82) is 0 Å². The SMILES string of the molecule is CCC(N)Cc1ccc(OCc2ncon2)cn1. The highest BCUT2D eigenvalue weighted by Crippen LogP contribution is 2.11. The minimum Gasteiger partial charge on any atom is -0.484 e. The maximum atomic E-state index is 5.87. The summed E-state index contributed by atoms with van der Waals surface area (Å²) in [5.74, 6) is 1.18. The van der Waals surface area contributed by atoms with Crippen molar-refractivity contribution in [3.63, 3.8) is 0 Å². The Labute approximate surface area is 105 Å². The number of hydrogen-bond acceptors (Lipinski definition) is 6. The summed E-state index contributed by atoms with van der Waals surface area (Å²) in [6.07, 6.45) is 4.67. The zero-order valence-electron chi connectivity index (χ0n) is 10.2. The molecule has 2 heterocycles. The zero-order valence-corrected chi connectivity index (χ0v) is 10.2. The molecule has 1 unspecified atom stereocenters. The Hall–Kier alpha value is -1.95. The first-order valence-electron chi connectivity index (χ1n) is 5.86. The smallest absolute Gasteiger partial charge is 0.213 e. The van der Waals surface area contributed by atoms with E-state index in [-0.39, 0.29) is 12.6 Å². The van der Waals surface area contributed by atoms with E-state index in [1.807, 2.05) is 12.1 Å². The third-order valence-electron chi connectivity index (χ3n) is 2.57. The van der Waals surface area contributed by atoms with E-state index in [1.54, 1.807) is 6.20 Å². The Morgan fingerprint density at radius 1 is 1.39 bits per heavy atom. The quantitative estimate of drug-likeness (QED) is 0.829. The van der Waals surface area contributed by atoms with Crippen LogP contribution in [0.4, 0.5) is 0 Å². The molecule has 2 rings (SSSR count). The summed E-state index contributed by atoms with van der Waals surface area (Å²) in [7, 11) is 0. The normalized spacial score (nSPS) is 12.3. The largest absolute Gasteiger partial charge is 0.484 e. The van der Waals surface area contributed by atoms with Crippen LogP contribution in [0.1, 0.15) is 24.9 Å². The predicted molar refractivity (Wildman–Crippen MR) is 64.8 cm³/mol. The first-order chi connectivity index (χ1) is 8.78. The maximum absolute atomic E-state index is 5.87. The lowest BCUT2D eigenvalue weighted by Crippen LogP contribution is -2.21. The number of ether oxygens (including phenoxy) is 1. The fourth-order valence-corrected chi connectivity index (χ4v) is 1.43. The molecule has 0 bridgehead atoms. The lowest BCUT2D eigenvalue weighted by Gasteiger charge is -2.08. The van der Waals surface area contributed by atoms with Crippen molar-refractivity contribution in [3.8, 4) is 5.75 Å². The van der Waals surface area contributed by atoms with E-state index < -0.39 is 0 Å². The highest BCUT2D eigenvalue weighted by molar-refractivity contribution is 5.20. The van der Waals surface area contributed by atoms with Crippen molar-refractivity contribution in [2.24, 2.45) is 5.73 Å². The second-order valence-corrected chi connectivity index (χ2v) is 3.99. The van der Waals surface area contributed by atoms with Crippen LogP contribution in [0.2, 0.25) is 0 Å². The Balaban J connectivity index is 1.87. The van der Waals surface area contributed by atoms with E-state index in [0.29, 0.717) is 11.6 Å². The molecule has 0 aromatic carbocycles. The highest BCUT2D eigenvalue weighted by Gasteiger charge is 2.04. The van der Waals surface area contributed by atoms with Gasteiger partial charge in [-0.15, -0.1) is 0 Å². The molecule has 0 aliphatic rings. The van der Waals surface area contributed by atoms with Crippen molar-refractivity contribution in [3.05, 3.63) is 36.2 Å². The van der Waals surface area contributed by atoms with E-state index in [1.165, 1.54) is 6.39 Å². The first kappa shape index (κ1) is 12.5. The van der Waals surface area contributed by atoms with Crippen LogP contribution >= 0.6 is 0 Å². The topological polar surface area (TPSA) is 87.1 Å². The van der Waals surface area contributed by atoms with Gasteiger partial charge in [0, 0.05) is 18.2 Å². The van der Waals surface area contributed by atoms with E-state index in [4.69, 9.17) is 10.5 Å². The summed E-state index contributed by atoms with van der Waals surface area (Å²) in [6.45, 7) is 2.33. The molecule has 6 nitrogen and oxygen atoms in total. The molecular formula is C12H16N4O2. The summed E-state index contributed by atoms with van der Waals surface area (Å²) in [5, 5.41) is 3.65. The number of pyridine rings is 1. The van der Waals surface area contributed by atoms with Crippen LogP contribution in [-0.4, -0.2) is 21.2 Å². The molecule has 0 saturated carbocycles. The maximum Gasteiger partial charge on any atom is 0.213 e. The molecule has 96 valence electrons. The second-order valence-electron chi connectivity index (χ2n) is 3.99. The van der Waals surface area contributed by atoms with Gasteiger partial charge in [-0.05, 0) is 18.6 Å². The number of nitrogens with zero attached hydrogens (tertiary/aromatic N) is 3. The predicted octanol–water partition coefficient (Wildman–Crippen LogP) is 1.32. The molecule has 0 spiro atoms. The van der Waals surface area contributed by atoms with E-state index in [2.05, 4.69) is 26.6 Å². The van der Waals surface area contributed by atoms with Gasteiger partial charge in [-0.25, -0.2) is 0 Å². The Bertz CT molecular complexity index is 455. The monoisotopic (exact) mass is 248 g/mol. The standard InChI is InChI=1S/C12H16N4O2/c1-2-9(13)5-10-3-4-11(6-14-10)17-7-12-15-8-18-16-12/h3-4,6,8-9H,2,5,7,13H2,1H3. The molecule has 6 heteroatoms. The molecular weight excluding hydrogens is 232 g/mol. The number of hydrogen-bond donors (Lipinski definition) is 1. The van der Waals surface area contributed by atoms with E-state index in [9.17, 15) is 0 Å². The summed E-state index contributed by atoms with van der Waals surface area (Å²) in [5.41, 5.74) is 6.84. The molecule has 18 heavy (non-hydrogen) atoms. The third-order valence-corrected chi connectivity index (χ3v) is 2.57. The van der Waals surface area contributed by atoms with E-state index in [0.717, 1.165) is 18.5 Å². The van der Waals surface area contributed by atoms with Crippen molar-refractivity contribution < 1.29 is 9.26 Å². The van der Waals surface area contributed by atoms with Crippen molar-refractivity contribution >= 4 is 0 Å². The molecule has 2 aromatic rings. The minimum atomic E-state index is 0.156. The molecule has 0 saturated heterocycles. The van der Waals surface area contributed by atoms with E-state index >= 15 is 0 Å². The van der Waals surface area contributed by atoms with Crippen LogP contribution < -0.4 is 10.5 Å². The van der Waals surface area contributed by atoms with Crippen LogP contribution in [0, 0.1) is 0 Å². The highest BCUT2D eigenvalue weighted by atomic mass is 16.5. The van der Waals surface area contributed by atoms with Gasteiger partial charge in [-0.2, -0.15) is 4.98 Å². The summed E-state index contributed by atoms with van der Waals surface area (Å²) in [6, 6.07) is 3.94. The van der Waals surface area contributed by atoms with Crippen molar-refractivity contribution in [1.82, 2.24) is 15.1 Å². The molecule has 0 fully saturated rings. The minimum absolute atomic E-state index is 0.156. The fourth-order valence-electron chi connectivity index (χ4n) is 1.43. The van der Waals surface area contributed by atoms with Crippen LogP contribution in [-0.2, 0) is 13.0 Å². The van der Waals surface area contributed by atoms with Crippen LogP contribution in [0.5, 0.6) is 5.75 Å². The van der Waals surface area contributed by atoms with Crippen LogP contribution in [0.3, 0.4) is 0 Å². The number of nitrogens with two attached hydrogens (primary N) is 1.